The number of aryl methyl sites for hydroxylation is 1. The predicted molar refractivity (Wildman–Crippen MR) is 94.2 cm³/mol. The summed E-state index contributed by atoms with van der Waals surface area (Å²) < 4.78 is 0. The van der Waals surface area contributed by atoms with Crippen molar-refractivity contribution in [2.45, 2.75) is 32.6 Å². The maximum atomic E-state index is 12.8. The third-order valence-corrected chi connectivity index (χ3v) is 5.29. The van der Waals surface area contributed by atoms with Crippen LogP contribution < -0.4 is 10.6 Å². The Balaban J connectivity index is 1.92. The third kappa shape index (κ3) is 2.79. The molecule has 0 fully saturated rings. The fourth-order valence-corrected chi connectivity index (χ4v) is 4.15. The number of nitrogens with one attached hydrogen (secondary N) is 2. The molecule has 0 spiro atoms. The van der Waals surface area contributed by atoms with E-state index in [1.807, 2.05) is 32.0 Å². The highest BCUT2D eigenvalue weighted by Gasteiger charge is 2.31. The zero-order valence-electron chi connectivity index (χ0n) is 13.5. The highest BCUT2D eigenvalue weighted by atomic mass is 32.1. The number of anilines is 2. The van der Waals surface area contributed by atoms with Crippen LogP contribution in [0.4, 0.5) is 10.7 Å². The lowest BCUT2D eigenvalue weighted by Crippen LogP contribution is -2.30. The first-order valence-electron chi connectivity index (χ1n) is 7.77. The van der Waals surface area contributed by atoms with Gasteiger partial charge in [0, 0.05) is 17.0 Å². The topological polar surface area (TPSA) is 82.0 Å². The van der Waals surface area contributed by atoms with Gasteiger partial charge in [0.1, 0.15) is 11.1 Å². The number of para-hydroxylation sites is 1. The molecule has 0 bridgehead atoms. The summed E-state index contributed by atoms with van der Waals surface area (Å²) in [5, 5.41) is 15.6. The van der Waals surface area contributed by atoms with Crippen molar-refractivity contribution in [2.75, 3.05) is 10.6 Å². The average Bonchev–Trinajstić information content (AvgIpc) is 2.88. The quantitative estimate of drug-likeness (QED) is 0.897. The van der Waals surface area contributed by atoms with Crippen LogP contribution in [0.3, 0.4) is 0 Å². The SMILES string of the molecule is CCc1c(C)sc(NC(=O)[C@H]2CC(=O)Nc3ccccc32)c1C#N. The fraction of sp³-hybridized carbons (Fsp3) is 0.278. The first-order valence-corrected chi connectivity index (χ1v) is 8.58. The van der Waals surface area contributed by atoms with Crippen LogP contribution in [0.15, 0.2) is 24.3 Å². The Morgan fingerprint density at radius 1 is 1.46 bits per heavy atom. The molecule has 2 aromatic rings. The van der Waals surface area contributed by atoms with E-state index in [2.05, 4.69) is 16.7 Å². The Labute approximate surface area is 144 Å². The number of benzene rings is 1. The molecule has 0 unspecified atom stereocenters. The van der Waals surface area contributed by atoms with Crippen molar-refractivity contribution in [3.05, 3.63) is 45.8 Å². The van der Waals surface area contributed by atoms with Crippen LogP contribution in [-0.4, -0.2) is 11.8 Å². The number of hydrogen-bond acceptors (Lipinski definition) is 4. The molecule has 6 heteroatoms. The number of carbonyl (C=O) groups excluding carboxylic acids is 2. The van der Waals surface area contributed by atoms with E-state index in [9.17, 15) is 14.9 Å². The van der Waals surface area contributed by atoms with Crippen LogP contribution in [0, 0.1) is 18.3 Å². The van der Waals surface area contributed by atoms with Gasteiger partial charge in [0.05, 0.1) is 11.5 Å². The molecule has 2 amide bonds. The standard InChI is InChI=1S/C18H17N3O2S/c1-3-11-10(2)24-18(14(11)9-19)21-17(23)13-8-16(22)20-15-7-5-4-6-12(13)15/h4-7,13H,3,8H2,1-2H3,(H,20,22)(H,21,23)/t13-/m0/s1. The summed E-state index contributed by atoms with van der Waals surface area (Å²) in [4.78, 5) is 25.7. The van der Waals surface area contributed by atoms with Crippen molar-refractivity contribution in [3.63, 3.8) is 0 Å². The molecule has 1 aromatic heterocycles. The van der Waals surface area contributed by atoms with Gasteiger partial charge in [-0.05, 0) is 30.5 Å². The maximum Gasteiger partial charge on any atom is 0.233 e. The van der Waals surface area contributed by atoms with Crippen LogP contribution in [0.5, 0.6) is 0 Å². The molecule has 24 heavy (non-hydrogen) atoms. The van der Waals surface area contributed by atoms with Crippen molar-refractivity contribution in [2.24, 2.45) is 0 Å². The van der Waals surface area contributed by atoms with E-state index in [0.29, 0.717) is 16.3 Å². The van der Waals surface area contributed by atoms with Crippen LogP contribution in [0.2, 0.25) is 0 Å². The number of nitrogens with zero attached hydrogens (tertiary/aromatic N) is 1. The van der Waals surface area contributed by atoms with Crippen molar-refractivity contribution in [1.82, 2.24) is 0 Å². The average molecular weight is 339 g/mol. The lowest BCUT2D eigenvalue weighted by molar-refractivity contribution is -0.123. The molecule has 2 N–H and O–H groups in total. The summed E-state index contributed by atoms with van der Waals surface area (Å²) in [5.74, 6) is -0.974. The number of thiophene rings is 1. The summed E-state index contributed by atoms with van der Waals surface area (Å²) >= 11 is 1.41. The first-order chi connectivity index (χ1) is 11.5. The molecule has 1 atom stereocenters. The number of amides is 2. The lowest BCUT2D eigenvalue weighted by Gasteiger charge is -2.24. The highest BCUT2D eigenvalue weighted by Crippen LogP contribution is 2.36. The fourth-order valence-electron chi connectivity index (χ4n) is 3.06. The van der Waals surface area contributed by atoms with Gasteiger partial charge in [0.15, 0.2) is 0 Å². The predicted octanol–water partition coefficient (Wildman–Crippen LogP) is 3.56. The Hall–Kier alpha value is -2.65. The van der Waals surface area contributed by atoms with Gasteiger partial charge in [-0.1, -0.05) is 25.1 Å². The largest absolute Gasteiger partial charge is 0.326 e. The number of carbonyl (C=O) groups is 2. The molecular weight excluding hydrogens is 322 g/mol. The van der Waals surface area contributed by atoms with Crippen molar-refractivity contribution < 1.29 is 9.59 Å². The van der Waals surface area contributed by atoms with Crippen LogP contribution >= 0.6 is 11.3 Å². The lowest BCUT2D eigenvalue weighted by atomic mass is 9.90. The second-order valence-corrected chi connectivity index (χ2v) is 6.91. The number of nitriles is 1. The number of rotatable bonds is 3. The van der Waals surface area contributed by atoms with Gasteiger partial charge in [-0.25, -0.2) is 0 Å². The summed E-state index contributed by atoms with van der Waals surface area (Å²) in [5.41, 5.74) is 2.98. The summed E-state index contributed by atoms with van der Waals surface area (Å²) in [6.07, 6.45) is 0.853. The van der Waals surface area contributed by atoms with E-state index in [1.54, 1.807) is 6.07 Å². The molecule has 3 rings (SSSR count). The van der Waals surface area contributed by atoms with Gasteiger partial charge in [0.2, 0.25) is 11.8 Å². The van der Waals surface area contributed by atoms with Crippen molar-refractivity contribution in [1.29, 1.82) is 5.26 Å². The van der Waals surface area contributed by atoms with E-state index < -0.39 is 5.92 Å². The molecule has 0 aliphatic carbocycles. The van der Waals surface area contributed by atoms with Gasteiger partial charge in [0.25, 0.3) is 0 Å². The van der Waals surface area contributed by atoms with Gasteiger partial charge >= 0.3 is 0 Å². The normalized spacial score (nSPS) is 16.0. The molecule has 122 valence electrons. The Morgan fingerprint density at radius 3 is 2.92 bits per heavy atom. The number of fused-ring (bicyclic) bond motifs is 1. The molecule has 2 heterocycles. The maximum absolute atomic E-state index is 12.8. The minimum atomic E-state index is -0.547. The van der Waals surface area contributed by atoms with Gasteiger partial charge in [-0.2, -0.15) is 5.26 Å². The summed E-state index contributed by atoms with van der Waals surface area (Å²) in [6.45, 7) is 3.94. The second kappa shape index (κ2) is 6.46. The Bertz CT molecular complexity index is 864. The minimum absolute atomic E-state index is 0.107. The van der Waals surface area contributed by atoms with Crippen molar-refractivity contribution >= 4 is 33.8 Å². The van der Waals surface area contributed by atoms with E-state index in [-0.39, 0.29) is 18.2 Å². The van der Waals surface area contributed by atoms with E-state index in [4.69, 9.17) is 0 Å². The molecule has 1 aromatic carbocycles. The molecule has 0 saturated heterocycles. The van der Waals surface area contributed by atoms with Gasteiger partial charge in [-0.15, -0.1) is 11.3 Å². The smallest absolute Gasteiger partial charge is 0.233 e. The molecule has 1 aliphatic rings. The zero-order valence-corrected chi connectivity index (χ0v) is 14.3. The Kier molecular flexibility index (Phi) is 4.36. The molecule has 0 saturated carbocycles. The van der Waals surface area contributed by atoms with Crippen LogP contribution in [0.1, 0.15) is 40.8 Å². The Morgan fingerprint density at radius 2 is 2.21 bits per heavy atom. The van der Waals surface area contributed by atoms with E-state index in [0.717, 1.165) is 22.4 Å². The molecule has 0 radical (unpaired) electrons. The van der Waals surface area contributed by atoms with Crippen LogP contribution in [-0.2, 0) is 16.0 Å². The molecule has 5 nitrogen and oxygen atoms in total. The molecular formula is C18H17N3O2S. The van der Waals surface area contributed by atoms with Gasteiger partial charge in [-0.3, -0.25) is 9.59 Å². The monoisotopic (exact) mass is 339 g/mol. The summed E-state index contributed by atoms with van der Waals surface area (Å²) in [6, 6.07) is 9.50. The van der Waals surface area contributed by atoms with Crippen molar-refractivity contribution in [3.8, 4) is 6.07 Å². The second-order valence-electron chi connectivity index (χ2n) is 5.69. The van der Waals surface area contributed by atoms with E-state index >= 15 is 0 Å². The van der Waals surface area contributed by atoms with Crippen LogP contribution in [0.25, 0.3) is 0 Å². The summed E-state index contributed by atoms with van der Waals surface area (Å²) in [7, 11) is 0. The third-order valence-electron chi connectivity index (χ3n) is 4.23. The first kappa shape index (κ1) is 16.2. The minimum Gasteiger partial charge on any atom is -0.326 e. The highest BCUT2D eigenvalue weighted by molar-refractivity contribution is 7.16. The zero-order chi connectivity index (χ0) is 17.3. The van der Waals surface area contributed by atoms with Gasteiger partial charge < -0.3 is 10.6 Å². The molecule has 1 aliphatic heterocycles. The van der Waals surface area contributed by atoms with E-state index in [1.165, 1.54) is 11.3 Å². The number of hydrogen-bond donors (Lipinski definition) is 2.